The van der Waals surface area contributed by atoms with E-state index in [1.54, 1.807) is 18.7 Å². The predicted molar refractivity (Wildman–Crippen MR) is 77.0 cm³/mol. The number of amides is 2. The summed E-state index contributed by atoms with van der Waals surface area (Å²) in [6.07, 6.45) is 0. The number of nitrogens with zero attached hydrogens (tertiary/aromatic N) is 1. The first-order chi connectivity index (χ1) is 9.48. The standard InChI is InChI=1S/C15H21N3O2/c1-15(2)14(20)17-8-9-18(15)13(19)12(10-16)11-6-4-3-5-7-11/h3-7,12H,8-10,16H2,1-2H3,(H,17,20). The topological polar surface area (TPSA) is 75.4 Å². The van der Waals surface area contributed by atoms with Crippen molar-refractivity contribution in [3.8, 4) is 0 Å². The first kappa shape index (κ1) is 14.5. The van der Waals surface area contributed by atoms with Gasteiger partial charge in [-0.25, -0.2) is 0 Å². The minimum Gasteiger partial charge on any atom is -0.352 e. The van der Waals surface area contributed by atoms with Gasteiger partial charge in [0.15, 0.2) is 0 Å². The quantitative estimate of drug-likeness (QED) is 0.842. The summed E-state index contributed by atoms with van der Waals surface area (Å²) in [5.41, 5.74) is 5.84. The second-order valence-corrected chi connectivity index (χ2v) is 5.50. The Labute approximate surface area is 119 Å². The van der Waals surface area contributed by atoms with Crippen molar-refractivity contribution in [2.24, 2.45) is 5.73 Å². The van der Waals surface area contributed by atoms with E-state index in [1.807, 2.05) is 30.3 Å². The van der Waals surface area contributed by atoms with Crippen LogP contribution >= 0.6 is 0 Å². The summed E-state index contributed by atoms with van der Waals surface area (Å²) in [5.74, 6) is -0.610. The summed E-state index contributed by atoms with van der Waals surface area (Å²) in [4.78, 5) is 26.3. The first-order valence-electron chi connectivity index (χ1n) is 6.83. The van der Waals surface area contributed by atoms with E-state index in [0.717, 1.165) is 5.56 Å². The van der Waals surface area contributed by atoms with Crippen LogP contribution in [0.3, 0.4) is 0 Å². The molecule has 1 saturated heterocycles. The minimum absolute atomic E-state index is 0.0847. The number of benzene rings is 1. The maximum absolute atomic E-state index is 12.8. The minimum atomic E-state index is -0.836. The zero-order chi connectivity index (χ0) is 14.8. The van der Waals surface area contributed by atoms with Crippen molar-refractivity contribution < 1.29 is 9.59 Å². The van der Waals surface area contributed by atoms with Crippen LogP contribution in [0, 0.1) is 0 Å². The second-order valence-electron chi connectivity index (χ2n) is 5.50. The van der Waals surface area contributed by atoms with Crippen LogP contribution < -0.4 is 11.1 Å². The molecule has 1 aromatic rings. The van der Waals surface area contributed by atoms with Crippen LogP contribution in [0.15, 0.2) is 30.3 Å². The Kier molecular flexibility index (Phi) is 4.09. The highest BCUT2D eigenvalue weighted by molar-refractivity contribution is 5.94. The zero-order valence-electron chi connectivity index (χ0n) is 11.9. The number of carbonyl (C=O) groups is 2. The third kappa shape index (κ3) is 2.54. The fraction of sp³-hybridized carbons (Fsp3) is 0.467. The van der Waals surface area contributed by atoms with Gasteiger partial charge in [-0.05, 0) is 19.4 Å². The molecule has 1 fully saturated rings. The number of carbonyl (C=O) groups excluding carboxylic acids is 2. The molecule has 0 saturated carbocycles. The fourth-order valence-electron chi connectivity index (χ4n) is 2.54. The molecule has 2 rings (SSSR count). The van der Waals surface area contributed by atoms with E-state index in [2.05, 4.69) is 5.32 Å². The van der Waals surface area contributed by atoms with Gasteiger partial charge in [-0.15, -0.1) is 0 Å². The molecule has 0 bridgehead atoms. The van der Waals surface area contributed by atoms with Crippen LogP contribution in [0.2, 0.25) is 0 Å². The van der Waals surface area contributed by atoms with Crippen molar-refractivity contribution in [3.63, 3.8) is 0 Å². The molecule has 108 valence electrons. The van der Waals surface area contributed by atoms with E-state index in [0.29, 0.717) is 13.1 Å². The van der Waals surface area contributed by atoms with E-state index in [1.165, 1.54) is 0 Å². The lowest BCUT2D eigenvalue weighted by atomic mass is 9.92. The molecule has 1 heterocycles. The SMILES string of the molecule is CC1(C)C(=O)NCCN1C(=O)C(CN)c1ccccc1. The number of nitrogens with two attached hydrogens (primary N) is 1. The van der Waals surface area contributed by atoms with Crippen molar-refractivity contribution in [2.45, 2.75) is 25.3 Å². The molecular formula is C15H21N3O2. The average Bonchev–Trinajstić information content (AvgIpc) is 2.43. The molecule has 0 spiro atoms. The van der Waals surface area contributed by atoms with Crippen LogP contribution in [0.1, 0.15) is 25.3 Å². The molecule has 20 heavy (non-hydrogen) atoms. The van der Waals surface area contributed by atoms with Gasteiger partial charge in [-0.2, -0.15) is 0 Å². The Morgan fingerprint density at radius 1 is 1.40 bits per heavy atom. The molecule has 1 aliphatic heterocycles. The molecule has 0 radical (unpaired) electrons. The molecule has 1 aliphatic rings. The van der Waals surface area contributed by atoms with Crippen molar-refractivity contribution >= 4 is 11.8 Å². The Bertz CT molecular complexity index is 499. The van der Waals surface area contributed by atoms with Crippen LogP contribution in [0.5, 0.6) is 0 Å². The summed E-state index contributed by atoms with van der Waals surface area (Å²) in [6.45, 7) is 4.76. The largest absolute Gasteiger partial charge is 0.352 e. The summed E-state index contributed by atoms with van der Waals surface area (Å²) < 4.78 is 0. The van der Waals surface area contributed by atoms with Crippen molar-refractivity contribution in [1.29, 1.82) is 0 Å². The molecule has 0 aromatic heterocycles. The maximum atomic E-state index is 12.8. The highest BCUT2D eigenvalue weighted by atomic mass is 16.2. The monoisotopic (exact) mass is 275 g/mol. The predicted octanol–water partition coefficient (Wildman–Crippen LogP) is 0.466. The van der Waals surface area contributed by atoms with E-state index >= 15 is 0 Å². The highest BCUT2D eigenvalue weighted by Gasteiger charge is 2.42. The molecule has 0 aliphatic carbocycles. The maximum Gasteiger partial charge on any atom is 0.245 e. The van der Waals surface area contributed by atoms with Gasteiger partial charge in [0, 0.05) is 19.6 Å². The molecule has 1 unspecified atom stereocenters. The van der Waals surface area contributed by atoms with E-state index in [4.69, 9.17) is 5.73 Å². The van der Waals surface area contributed by atoms with Crippen molar-refractivity contribution in [3.05, 3.63) is 35.9 Å². The highest BCUT2D eigenvalue weighted by Crippen LogP contribution is 2.24. The van der Waals surface area contributed by atoms with Crippen LogP contribution in [-0.4, -0.2) is 41.9 Å². The lowest BCUT2D eigenvalue weighted by Gasteiger charge is -2.42. The van der Waals surface area contributed by atoms with Gasteiger partial charge in [-0.3, -0.25) is 9.59 Å². The van der Waals surface area contributed by atoms with Gasteiger partial charge < -0.3 is 16.0 Å². The van der Waals surface area contributed by atoms with Gasteiger partial charge in [-0.1, -0.05) is 30.3 Å². The lowest BCUT2D eigenvalue weighted by Crippen LogP contribution is -2.64. The number of hydrogen-bond donors (Lipinski definition) is 2. The van der Waals surface area contributed by atoms with Gasteiger partial charge in [0.05, 0.1) is 5.92 Å². The molecular weight excluding hydrogens is 254 g/mol. The van der Waals surface area contributed by atoms with Gasteiger partial charge in [0.1, 0.15) is 5.54 Å². The summed E-state index contributed by atoms with van der Waals surface area (Å²) >= 11 is 0. The van der Waals surface area contributed by atoms with Gasteiger partial charge >= 0.3 is 0 Å². The summed E-state index contributed by atoms with van der Waals surface area (Å²) in [5, 5.41) is 2.79. The molecule has 1 atom stereocenters. The second kappa shape index (κ2) is 5.63. The lowest BCUT2D eigenvalue weighted by molar-refractivity contribution is -0.150. The van der Waals surface area contributed by atoms with E-state index in [9.17, 15) is 9.59 Å². The third-order valence-corrected chi connectivity index (χ3v) is 3.85. The average molecular weight is 275 g/mol. The molecule has 5 nitrogen and oxygen atoms in total. The molecule has 3 N–H and O–H groups in total. The number of rotatable bonds is 3. The van der Waals surface area contributed by atoms with E-state index < -0.39 is 11.5 Å². The Hall–Kier alpha value is -1.88. The van der Waals surface area contributed by atoms with Crippen LogP contribution in [0.25, 0.3) is 0 Å². The van der Waals surface area contributed by atoms with Crippen molar-refractivity contribution in [2.75, 3.05) is 19.6 Å². The normalized spacial score (nSPS) is 19.4. The van der Waals surface area contributed by atoms with Crippen molar-refractivity contribution in [1.82, 2.24) is 10.2 Å². The molecule has 2 amide bonds. The summed E-state index contributed by atoms with van der Waals surface area (Å²) in [7, 11) is 0. The molecule has 1 aromatic carbocycles. The summed E-state index contributed by atoms with van der Waals surface area (Å²) in [6, 6.07) is 9.47. The number of hydrogen-bond acceptors (Lipinski definition) is 3. The van der Waals surface area contributed by atoms with Gasteiger partial charge in [0.2, 0.25) is 11.8 Å². The van der Waals surface area contributed by atoms with Crippen LogP contribution in [0.4, 0.5) is 0 Å². The number of piperazine rings is 1. The Morgan fingerprint density at radius 3 is 2.65 bits per heavy atom. The van der Waals surface area contributed by atoms with Gasteiger partial charge in [0.25, 0.3) is 0 Å². The third-order valence-electron chi connectivity index (χ3n) is 3.85. The van der Waals surface area contributed by atoms with E-state index in [-0.39, 0.29) is 18.4 Å². The zero-order valence-corrected chi connectivity index (χ0v) is 11.9. The first-order valence-corrected chi connectivity index (χ1v) is 6.83. The fourth-order valence-corrected chi connectivity index (χ4v) is 2.54. The smallest absolute Gasteiger partial charge is 0.245 e. The number of nitrogens with one attached hydrogen (secondary N) is 1. The van der Waals surface area contributed by atoms with Crippen LogP contribution in [-0.2, 0) is 9.59 Å². The Balaban J connectivity index is 2.27. The molecule has 5 heteroatoms. The Morgan fingerprint density at radius 2 is 2.05 bits per heavy atom.